The summed E-state index contributed by atoms with van der Waals surface area (Å²) in [5, 5.41) is 4.80. The minimum absolute atomic E-state index is 0.0279. The molecule has 0 aliphatic carbocycles. The van der Waals surface area contributed by atoms with Gasteiger partial charge in [0, 0.05) is 69.5 Å². The first-order valence-corrected chi connectivity index (χ1v) is 12.2. The van der Waals surface area contributed by atoms with Gasteiger partial charge in [-0.3, -0.25) is 14.7 Å². The molecule has 1 aromatic carbocycles. The molecule has 0 bridgehead atoms. The third kappa shape index (κ3) is 4.93. The van der Waals surface area contributed by atoms with Crippen LogP contribution in [0, 0.1) is 6.92 Å². The zero-order valence-electron chi connectivity index (χ0n) is 19.9. The van der Waals surface area contributed by atoms with E-state index in [1.165, 1.54) is 22.0 Å². The smallest absolute Gasteiger partial charge is 0.239 e. The average Bonchev–Trinajstić information content (AvgIpc) is 3.49. The van der Waals surface area contributed by atoms with Crippen LogP contribution in [0.1, 0.15) is 37.8 Å². The van der Waals surface area contributed by atoms with Crippen molar-refractivity contribution in [2.75, 3.05) is 52.4 Å². The molecule has 2 aromatic rings. The molecule has 4 rings (SSSR count). The molecule has 0 saturated carbocycles. The SMILES string of the molecule is CCNC(=NCCc1c[nH]c2cccc(C)c12)N1CCN(C(C)C(=O)N2CCCC2)CC1. The van der Waals surface area contributed by atoms with Crippen LogP contribution >= 0.6 is 0 Å². The van der Waals surface area contributed by atoms with Gasteiger partial charge in [-0.2, -0.15) is 0 Å². The fraction of sp³-hybridized carbons (Fsp3) is 0.600. The zero-order valence-corrected chi connectivity index (χ0v) is 19.9. The number of hydrogen-bond donors (Lipinski definition) is 2. The first kappa shape index (κ1) is 22.6. The van der Waals surface area contributed by atoms with Crippen LogP contribution in [0.15, 0.2) is 29.4 Å². The lowest BCUT2D eigenvalue weighted by molar-refractivity contribution is -0.135. The van der Waals surface area contributed by atoms with Crippen molar-refractivity contribution in [1.82, 2.24) is 25.0 Å². The number of piperazine rings is 1. The van der Waals surface area contributed by atoms with Crippen molar-refractivity contribution in [3.8, 4) is 0 Å². The summed E-state index contributed by atoms with van der Waals surface area (Å²) in [4.78, 5) is 27.8. The van der Waals surface area contributed by atoms with Crippen LogP contribution in [-0.4, -0.2) is 90.0 Å². The number of carbonyl (C=O) groups excluding carboxylic acids is 1. The fourth-order valence-corrected chi connectivity index (χ4v) is 5.04. The lowest BCUT2D eigenvalue weighted by atomic mass is 10.1. The fourth-order valence-electron chi connectivity index (χ4n) is 5.04. The van der Waals surface area contributed by atoms with Crippen LogP contribution in [0.4, 0.5) is 0 Å². The summed E-state index contributed by atoms with van der Waals surface area (Å²) in [6.07, 6.45) is 5.33. The molecule has 0 spiro atoms. The van der Waals surface area contributed by atoms with E-state index in [2.05, 4.69) is 65.3 Å². The molecule has 2 saturated heterocycles. The molecule has 1 amide bonds. The summed E-state index contributed by atoms with van der Waals surface area (Å²) in [5.41, 5.74) is 3.84. The maximum atomic E-state index is 12.8. The van der Waals surface area contributed by atoms with Crippen LogP contribution in [-0.2, 0) is 11.2 Å². The number of aromatic amines is 1. The van der Waals surface area contributed by atoms with Crippen LogP contribution in [0.25, 0.3) is 10.9 Å². The third-order valence-electron chi connectivity index (χ3n) is 6.91. The summed E-state index contributed by atoms with van der Waals surface area (Å²) in [7, 11) is 0. The number of nitrogens with zero attached hydrogens (tertiary/aromatic N) is 4. The number of H-pyrrole nitrogens is 1. The average molecular weight is 439 g/mol. The molecular formula is C25H38N6O. The number of guanidine groups is 1. The van der Waals surface area contributed by atoms with Gasteiger partial charge < -0.3 is 20.1 Å². The summed E-state index contributed by atoms with van der Waals surface area (Å²) >= 11 is 0. The number of aliphatic imine (C=N–C) groups is 1. The maximum absolute atomic E-state index is 12.8. The molecule has 32 heavy (non-hydrogen) atoms. The Balaban J connectivity index is 1.33. The molecule has 1 aromatic heterocycles. The number of aryl methyl sites for hydroxylation is 1. The van der Waals surface area contributed by atoms with Crippen molar-refractivity contribution >= 4 is 22.8 Å². The standard InChI is InChI=1S/C25H38N6O/c1-4-26-25(27-11-10-21-18-28-22-9-7-8-19(2)23(21)22)31-16-14-29(15-17-31)20(3)24(32)30-12-5-6-13-30/h7-9,18,20,28H,4-6,10-17H2,1-3H3,(H,26,27). The van der Waals surface area contributed by atoms with Crippen LogP contribution in [0.3, 0.4) is 0 Å². The van der Waals surface area contributed by atoms with E-state index in [0.717, 1.165) is 77.6 Å². The Morgan fingerprint density at radius 2 is 1.88 bits per heavy atom. The molecule has 0 radical (unpaired) electrons. The van der Waals surface area contributed by atoms with Crippen molar-refractivity contribution < 1.29 is 4.79 Å². The number of fused-ring (bicyclic) bond motifs is 1. The predicted molar refractivity (Wildman–Crippen MR) is 131 cm³/mol. The minimum atomic E-state index is -0.0279. The molecule has 2 N–H and O–H groups in total. The van der Waals surface area contributed by atoms with Gasteiger partial charge in [0.1, 0.15) is 0 Å². The van der Waals surface area contributed by atoms with Gasteiger partial charge in [0.15, 0.2) is 5.96 Å². The molecule has 2 aliphatic rings. The first-order valence-electron chi connectivity index (χ1n) is 12.2. The molecule has 1 unspecified atom stereocenters. The number of nitrogens with one attached hydrogen (secondary N) is 2. The molecule has 2 aliphatic heterocycles. The van der Waals surface area contributed by atoms with E-state index in [0.29, 0.717) is 5.91 Å². The van der Waals surface area contributed by atoms with E-state index in [9.17, 15) is 4.79 Å². The lowest BCUT2D eigenvalue weighted by Crippen LogP contribution is -2.57. The normalized spacial score (nSPS) is 19.0. The second-order valence-electron chi connectivity index (χ2n) is 9.03. The summed E-state index contributed by atoms with van der Waals surface area (Å²) < 4.78 is 0. The zero-order chi connectivity index (χ0) is 22.5. The largest absolute Gasteiger partial charge is 0.361 e. The van der Waals surface area contributed by atoms with Crippen molar-refractivity contribution in [3.63, 3.8) is 0 Å². The Morgan fingerprint density at radius 3 is 2.59 bits per heavy atom. The highest BCUT2D eigenvalue weighted by molar-refractivity contribution is 5.86. The van der Waals surface area contributed by atoms with Crippen molar-refractivity contribution in [3.05, 3.63) is 35.5 Å². The van der Waals surface area contributed by atoms with Gasteiger partial charge in [-0.1, -0.05) is 12.1 Å². The van der Waals surface area contributed by atoms with Crippen molar-refractivity contribution in [1.29, 1.82) is 0 Å². The summed E-state index contributed by atoms with van der Waals surface area (Å²) in [6.45, 7) is 13.4. The Morgan fingerprint density at radius 1 is 1.12 bits per heavy atom. The molecule has 1 atom stereocenters. The van der Waals surface area contributed by atoms with Gasteiger partial charge in [-0.05, 0) is 57.2 Å². The van der Waals surface area contributed by atoms with Gasteiger partial charge in [-0.25, -0.2) is 0 Å². The number of likely N-dealkylation sites (tertiary alicyclic amines) is 1. The van der Waals surface area contributed by atoms with E-state index in [4.69, 9.17) is 4.99 Å². The van der Waals surface area contributed by atoms with Crippen LogP contribution in [0.5, 0.6) is 0 Å². The van der Waals surface area contributed by atoms with E-state index in [1.54, 1.807) is 0 Å². The van der Waals surface area contributed by atoms with Crippen LogP contribution in [0.2, 0.25) is 0 Å². The Kier molecular flexibility index (Phi) is 7.35. The van der Waals surface area contributed by atoms with Gasteiger partial charge in [0.25, 0.3) is 0 Å². The quantitative estimate of drug-likeness (QED) is 0.538. The first-order chi connectivity index (χ1) is 15.6. The van der Waals surface area contributed by atoms with Gasteiger partial charge >= 0.3 is 0 Å². The monoisotopic (exact) mass is 438 g/mol. The molecule has 2 fully saturated rings. The highest BCUT2D eigenvalue weighted by Gasteiger charge is 2.30. The van der Waals surface area contributed by atoms with E-state index >= 15 is 0 Å². The topological polar surface area (TPSA) is 67.0 Å². The maximum Gasteiger partial charge on any atom is 0.239 e. The summed E-state index contributed by atoms with van der Waals surface area (Å²) in [6, 6.07) is 6.37. The lowest BCUT2D eigenvalue weighted by Gasteiger charge is -2.39. The highest BCUT2D eigenvalue weighted by atomic mass is 16.2. The number of aromatic nitrogens is 1. The van der Waals surface area contributed by atoms with E-state index in [1.807, 2.05) is 4.90 Å². The molecule has 7 nitrogen and oxygen atoms in total. The molecule has 7 heteroatoms. The van der Waals surface area contributed by atoms with Crippen molar-refractivity contribution in [2.24, 2.45) is 4.99 Å². The predicted octanol–water partition coefficient (Wildman–Crippen LogP) is 2.61. The number of rotatable bonds is 6. The van der Waals surface area contributed by atoms with Gasteiger partial charge in [0.2, 0.25) is 5.91 Å². The Bertz CT molecular complexity index is 937. The van der Waals surface area contributed by atoms with Gasteiger partial charge in [0.05, 0.1) is 6.04 Å². The van der Waals surface area contributed by atoms with Crippen LogP contribution < -0.4 is 5.32 Å². The van der Waals surface area contributed by atoms with Gasteiger partial charge in [-0.15, -0.1) is 0 Å². The molecule has 174 valence electrons. The van der Waals surface area contributed by atoms with E-state index < -0.39 is 0 Å². The number of hydrogen-bond acceptors (Lipinski definition) is 3. The Labute approximate surface area is 191 Å². The summed E-state index contributed by atoms with van der Waals surface area (Å²) in [5.74, 6) is 1.28. The number of carbonyl (C=O) groups is 1. The second-order valence-corrected chi connectivity index (χ2v) is 9.03. The number of amides is 1. The second kappa shape index (κ2) is 10.4. The highest BCUT2D eigenvalue weighted by Crippen LogP contribution is 2.22. The molecule has 3 heterocycles. The Hall–Kier alpha value is -2.54. The van der Waals surface area contributed by atoms with E-state index in [-0.39, 0.29) is 6.04 Å². The third-order valence-corrected chi connectivity index (χ3v) is 6.91. The molecular weight excluding hydrogens is 400 g/mol. The van der Waals surface area contributed by atoms with Crippen molar-refractivity contribution in [2.45, 2.75) is 46.1 Å². The minimum Gasteiger partial charge on any atom is -0.361 e. The number of benzene rings is 1.